The first-order chi connectivity index (χ1) is 36.9. The van der Waals surface area contributed by atoms with Gasteiger partial charge in [0.05, 0.1) is 5.69 Å². The lowest BCUT2D eigenvalue weighted by Gasteiger charge is -2.31. The second-order valence-electron chi connectivity index (χ2n) is 23.2. The Morgan fingerprint density at radius 1 is 0.316 bits per heavy atom. The number of furan rings is 2. The van der Waals surface area contributed by atoms with E-state index in [4.69, 9.17) is 8.83 Å². The summed E-state index contributed by atoms with van der Waals surface area (Å²) in [5.74, 6) is 0. The zero-order valence-corrected chi connectivity index (χ0v) is 43.5. The summed E-state index contributed by atoms with van der Waals surface area (Å²) in [6.07, 6.45) is 0. The van der Waals surface area contributed by atoms with Crippen LogP contribution in [-0.2, 0) is 16.2 Å². The smallest absolute Gasteiger partial charge is 0.143 e. The van der Waals surface area contributed by atoms with E-state index in [9.17, 15) is 0 Å². The Hall–Kier alpha value is -8.92. The van der Waals surface area contributed by atoms with Crippen molar-refractivity contribution in [1.29, 1.82) is 0 Å². The Morgan fingerprint density at radius 2 is 0.882 bits per heavy atom. The van der Waals surface area contributed by atoms with Crippen LogP contribution < -0.4 is 4.90 Å². The van der Waals surface area contributed by atoms with Crippen molar-refractivity contribution in [3.63, 3.8) is 0 Å². The van der Waals surface area contributed by atoms with Crippen molar-refractivity contribution in [2.75, 3.05) is 4.90 Å². The zero-order chi connectivity index (χ0) is 51.0. The highest BCUT2D eigenvalue weighted by Crippen LogP contribution is 2.60. The van der Waals surface area contributed by atoms with Gasteiger partial charge in [0.2, 0.25) is 0 Å². The van der Waals surface area contributed by atoms with Crippen molar-refractivity contribution in [3.8, 4) is 55.6 Å². The van der Waals surface area contributed by atoms with Gasteiger partial charge in [-0.25, -0.2) is 0 Å². The van der Waals surface area contributed by atoms with Crippen LogP contribution in [0.4, 0.5) is 17.1 Å². The van der Waals surface area contributed by atoms with Gasteiger partial charge in [-0.1, -0.05) is 181 Å². The molecule has 0 bridgehead atoms. The van der Waals surface area contributed by atoms with Gasteiger partial charge in [0.25, 0.3) is 0 Å². The third-order valence-corrected chi connectivity index (χ3v) is 18.0. The van der Waals surface area contributed by atoms with Crippen LogP contribution in [0.1, 0.15) is 74.9 Å². The van der Waals surface area contributed by atoms with Gasteiger partial charge >= 0.3 is 0 Å². The molecule has 3 heteroatoms. The molecule has 0 saturated carbocycles. The SMILES string of the molecule is CC1(C)c2cc(N(c3ccc4c(c3)C(C)(C)c3cc(-c5ccc6ccccc6c5)c5oc6ccccc6c5c3-4)c3ccccc3-c3ccccc3)ccc2-c2cc3c(cc21)-c1c(ccc2oc4ccccc4c12)C3(C)C. The standard InChI is InChI=1S/C73H53NO2/c1-71(2)56-34-35-65-68(51-23-13-16-26-63(51)75-65)67(56)55-41-59-54(40-60(55)71)49-32-30-46(37-57(49)72(59,3)4)74(62-25-15-12-22-48(62)43-19-8-7-9-20-43)47-31-33-50-58(38-47)73(5,6)61-39-53(45-29-28-42-18-10-11-21-44(42)36-45)70-69(66(50)61)52-24-14-17-27-64(52)76-70/h7-41H,1-6H3. The summed E-state index contributed by atoms with van der Waals surface area (Å²) in [7, 11) is 0. The van der Waals surface area contributed by atoms with Crippen molar-refractivity contribution in [2.45, 2.75) is 57.8 Å². The highest BCUT2D eigenvalue weighted by atomic mass is 16.3. The van der Waals surface area contributed by atoms with Gasteiger partial charge in [0.15, 0.2) is 0 Å². The largest absolute Gasteiger partial charge is 0.456 e. The molecule has 11 aromatic carbocycles. The molecule has 362 valence electrons. The molecular formula is C73H53NO2. The van der Waals surface area contributed by atoms with Crippen LogP contribution in [0, 0.1) is 0 Å². The molecule has 0 fully saturated rings. The number of fused-ring (bicyclic) bond motifs is 18. The lowest BCUT2D eigenvalue weighted by atomic mass is 9.79. The van der Waals surface area contributed by atoms with Crippen LogP contribution in [0.25, 0.3) is 110 Å². The molecule has 13 aromatic rings. The van der Waals surface area contributed by atoms with Gasteiger partial charge in [-0.05, 0) is 161 Å². The van der Waals surface area contributed by atoms with Gasteiger partial charge in [-0.15, -0.1) is 0 Å². The van der Waals surface area contributed by atoms with Gasteiger partial charge in [-0.3, -0.25) is 0 Å². The summed E-state index contributed by atoms with van der Waals surface area (Å²) in [6.45, 7) is 14.5. The minimum atomic E-state index is -0.341. The van der Waals surface area contributed by atoms with Gasteiger partial charge in [-0.2, -0.15) is 0 Å². The lowest BCUT2D eigenvalue weighted by molar-refractivity contribution is 0.651. The summed E-state index contributed by atoms with van der Waals surface area (Å²) in [5.41, 5.74) is 26.7. The topological polar surface area (TPSA) is 29.5 Å². The number of hydrogen-bond acceptors (Lipinski definition) is 3. The molecule has 3 aliphatic carbocycles. The van der Waals surface area contributed by atoms with Crippen LogP contribution >= 0.6 is 0 Å². The van der Waals surface area contributed by atoms with Crippen LogP contribution in [0.3, 0.4) is 0 Å². The third-order valence-electron chi connectivity index (χ3n) is 18.0. The second-order valence-corrected chi connectivity index (χ2v) is 23.2. The van der Waals surface area contributed by atoms with Crippen molar-refractivity contribution in [3.05, 3.63) is 246 Å². The molecule has 3 aliphatic rings. The van der Waals surface area contributed by atoms with E-state index in [1.165, 1.54) is 105 Å². The third kappa shape index (κ3) is 5.78. The first kappa shape index (κ1) is 43.5. The second kappa shape index (κ2) is 15.1. The summed E-state index contributed by atoms with van der Waals surface area (Å²) in [4.78, 5) is 2.52. The number of nitrogens with zero attached hydrogens (tertiary/aromatic N) is 1. The zero-order valence-electron chi connectivity index (χ0n) is 43.5. The molecule has 3 nitrogen and oxygen atoms in total. The number of benzene rings is 11. The normalized spacial score (nSPS) is 15.0. The van der Waals surface area contributed by atoms with Gasteiger partial charge in [0, 0.05) is 60.3 Å². The first-order valence-corrected chi connectivity index (χ1v) is 26.8. The highest BCUT2D eigenvalue weighted by Gasteiger charge is 2.44. The molecule has 0 saturated heterocycles. The molecule has 76 heavy (non-hydrogen) atoms. The van der Waals surface area contributed by atoms with E-state index in [1.807, 2.05) is 0 Å². The number of para-hydroxylation sites is 3. The summed E-state index contributed by atoms with van der Waals surface area (Å²) in [6, 6.07) is 78.8. The van der Waals surface area contributed by atoms with Crippen molar-refractivity contribution in [2.24, 2.45) is 0 Å². The fourth-order valence-electron chi connectivity index (χ4n) is 14.1. The minimum absolute atomic E-state index is 0.188. The predicted molar refractivity (Wildman–Crippen MR) is 317 cm³/mol. The molecule has 0 amide bonds. The maximum atomic E-state index is 6.93. The van der Waals surface area contributed by atoms with E-state index in [-0.39, 0.29) is 16.2 Å². The average Bonchev–Trinajstić information content (AvgIpc) is 4.22. The Balaban J connectivity index is 0.883. The fraction of sp³-hybridized carbons (Fsp3) is 0.123. The Bertz CT molecular complexity index is 4670. The maximum absolute atomic E-state index is 6.93. The molecular weight excluding hydrogens is 923 g/mol. The number of rotatable bonds is 5. The Kier molecular flexibility index (Phi) is 8.65. The molecule has 0 atom stereocenters. The average molecular weight is 976 g/mol. The lowest BCUT2D eigenvalue weighted by Crippen LogP contribution is -2.18. The first-order valence-electron chi connectivity index (χ1n) is 26.8. The van der Waals surface area contributed by atoms with E-state index in [1.54, 1.807) is 0 Å². The monoisotopic (exact) mass is 975 g/mol. The maximum Gasteiger partial charge on any atom is 0.143 e. The molecule has 0 spiro atoms. The van der Waals surface area contributed by atoms with Crippen molar-refractivity contribution < 1.29 is 8.83 Å². The molecule has 2 aromatic heterocycles. The van der Waals surface area contributed by atoms with Crippen molar-refractivity contribution in [1.82, 2.24) is 0 Å². The predicted octanol–water partition coefficient (Wildman–Crippen LogP) is 20.4. The van der Waals surface area contributed by atoms with Gasteiger partial charge < -0.3 is 13.7 Å². The van der Waals surface area contributed by atoms with E-state index >= 15 is 0 Å². The highest BCUT2D eigenvalue weighted by molar-refractivity contribution is 6.19. The number of hydrogen-bond donors (Lipinski definition) is 0. The van der Waals surface area contributed by atoms with E-state index < -0.39 is 0 Å². The quantitative estimate of drug-likeness (QED) is 0.172. The van der Waals surface area contributed by atoms with Crippen LogP contribution in [0.5, 0.6) is 0 Å². The van der Waals surface area contributed by atoms with Crippen LogP contribution in [0.15, 0.2) is 221 Å². The molecule has 0 aliphatic heterocycles. The summed E-state index contributed by atoms with van der Waals surface area (Å²) < 4.78 is 13.4. The summed E-state index contributed by atoms with van der Waals surface area (Å²) >= 11 is 0. The van der Waals surface area contributed by atoms with Crippen molar-refractivity contribution >= 4 is 71.7 Å². The van der Waals surface area contributed by atoms with Crippen LogP contribution in [0.2, 0.25) is 0 Å². The van der Waals surface area contributed by atoms with Gasteiger partial charge in [0.1, 0.15) is 22.3 Å². The molecule has 0 unspecified atom stereocenters. The van der Waals surface area contributed by atoms with Crippen LogP contribution in [-0.4, -0.2) is 0 Å². The minimum Gasteiger partial charge on any atom is -0.456 e. The Morgan fingerprint density at radius 3 is 1.67 bits per heavy atom. The van der Waals surface area contributed by atoms with E-state index in [0.717, 1.165) is 55.9 Å². The number of anilines is 3. The molecule has 2 heterocycles. The fourth-order valence-corrected chi connectivity index (χ4v) is 14.1. The molecule has 0 radical (unpaired) electrons. The molecule has 16 rings (SSSR count). The Labute approximate surface area is 442 Å². The van der Waals surface area contributed by atoms with E-state index in [0.29, 0.717) is 0 Å². The summed E-state index contributed by atoms with van der Waals surface area (Å²) in [5, 5.41) is 7.17. The van der Waals surface area contributed by atoms with E-state index in [2.05, 4.69) is 259 Å². The molecule has 0 N–H and O–H groups in total.